The van der Waals surface area contributed by atoms with Gasteiger partial charge in [-0.25, -0.2) is 9.37 Å². The molecule has 1 atom stereocenters. The fourth-order valence-corrected chi connectivity index (χ4v) is 2.04. The van der Waals surface area contributed by atoms with E-state index in [9.17, 15) is 17.6 Å². The van der Waals surface area contributed by atoms with E-state index >= 15 is 0 Å². The Morgan fingerprint density at radius 1 is 1.35 bits per heavy atom. The molecule has 2 aromatic rings. The van der Waals surface area contributed by atoms with Crippen LogP contribution in [0.5, 0.6) is 5.75 Å². The molecule has 8 heteroatoms. The van der Waals surface area contributed by atoms with Crippen molar-refractivity contribution < 1.29 is 22.3 Å². The molecule has 0 fully saturated rings. The zero-order chi connectivity index (χ0) is 14.9. The molecular formula is C12H10F4N2OS. The monoisotopic (exact) mass is 306 g/mol. The Morgan fingerprint density at radius 3 is 2.60 bits per heavy atom. The van der Waals surface area contributed by atoms with Gasteiger partial charge in [0, 0.05) is 17.0 Å². The summed E-state index contributed by atoms with van der Waals surface area (Å²) in [5.41, 5.74) is 6.08. The lowest BCUT2D eigenvalue weighted by atomic mass is 10.1. The molecule has 3 nitrogen and oxygen atoms in total. The standard InChI is InChI=1S/C12H10F4N2OS/c1-6(12(14,15)16)19-10-4-7(13)2-3-8(10)9-5-20-11(17)18-9/h2-6H,1H3,(H2,17,18). The Bertz CT molecular complexity index is 612. The number of thiazole rings is 1. The van der Waals surface area contributed by atoms with Crippen molar-refractivity contribution in [1.82, 2.24) is 4.98 Å². The molecule has 108 valence electrons. The van der Waals surface area contributed by atoms with Gasteiger partial charge in [0.2, 0.25) is 0 Å². The van der Waals surface area contributed by atoms with Gasteiger partial charge in [0.05, 0.1) is 5.69 Å². The van der Waals surface area contributed by atoms with Crippen molar-refractivity contribution in [3.63, 3.8) is 0 Å². The van der Waals surface area contributed by atoms with Crippen LogP contribution in [-0.2, 0) is 0 Å². The highest BCUT2D eigenvalue weighted by Gasteiger charge is 2.38. The number of nitrogens with zero attached hydrogens (tertiary/aromatic N) is 1. The highest BCUT2D eigenvalue weighted by molar-refractivity contribution is 7.13. The number of benzene rings is 1. The summed E-state index contributed by atoms with van der Waals surface area (Å²) in [6.45, 7) is 0.851. The summed E-state index contributed by atoms with van der Waals surface area (Å²) in [7, 11) is 0. The average Bonchev–Trinajstić information content (AvgIpc) is 2.74. The predicted octanol–water partition coefficient (Wildman–Crippen LogP) is 3.86. The molecule has 0 aliphatic rings. The summed E-state index contributed by atoms with van der Waals surface area (Å²) in [6.07, 6.45) is -6.59. The number of alkyl halides is 3. The summed E-state index contributed by atoms with van der Waals surface area (Å²) in [4.78, 5) is 3.95. The molecule has 1 unspecified atom stereocenters. The van der Waals surface area contributed by atoms with Crippen molar-refractivity contribution in [1.29, 1.82) is 0 Å². The average molecular weight is 306 g/mol. The number of aromatic nitrogens is 1. The maximum atomic E-state index is 13.2. The van der Waals surface area contributed by atoms with E-state index in [1.165, 1.54) is 6.07 Å². The van der Waals surface area contributed by atoms with Gasteiger partial charge in [0.25, 0.3) is 0 Å². The number of nitrogens with two attached hydrogens (primary N) is 1. The highest BCUT2D eigenvalue weighted by Crippen LogP contribution is 2.34. The second-order valence-electron chi connectivity index (χ2n) is 4.01. The molecule has 2 rings (SSSR count). The van der Waals surface area contributed by atoms with Crippen molar-refractivity contribution >= 4 is 16.5 Å². The summed E-state index contributed by atoms with van der Waals surface area (Å²) >= 11 is 1.13. The fraction of sp³-hybridized carbons (Fsp3) is 0.250. The van der Waals surface area contributed by atoms with Crippen molar-refractivity contribution in [2.75, 3.05) is 5.73 Å². The Morgan fingerprint density at radius 2 is 2.05 bits per heavy atom. The van der Waals surface area contributed by atoms with Crippen LogP contribution >= 0.6 is 11.3 Å². The first-order chi connectivity index (χ1) is 9.27. The van der Waals surface area contributed by atoms with Crippen molar-refractivity contribution in [2.24, 2.45) is 0 Å². The molecule has 1 aromatic heterocycles. The maximum Gasteiger partial charge on any atom is 0.425 e. The van der Waals surface area contributed by atoms with E-state index in [4.69, 9.17) is 10.5 Å². The van der Waals surface area contributed by atoms with Crippen molar-refractivity contribution in [2.45, 2.75) is 19.2 Å². The van der Waals surface area contributed by atoms with E-state index in [1.807, 2.05) is 0 Å². The minimum Gasteiger partial charge on any atom is -0.480 e. The van der Waals surface area contributed by atoms with Gasteiger partial charge in [-0.2, -0.15) is 13.2 Å². The number of rotatable bonds is 3. The zero-order valence-corrected chi connectivity index (χ0v) is 11.1. The van der Waals surface area contributed by atoms with Crippen LogP contribution in [0.2, 0.25) is 0 Å². The summed E-state index contributed by atoms with van der Waals surface area (Å²) < 4.78 is 55.6. The molecule has 0 radical (unpaired) electrons. The van der Waals surface area contributed by atoms with Gasteiger partial charge in [-0.15, -0.1) is 11.3 Å². The molecule has 0 spiro atoms. The lowest BCUT2D eigenvalue weighted by molar-refractivity contribution is -0.189. The lowest BCUT2D eigenvalue weighted by Gasteiger charge is -2.19. The number of hydrogen-bond donors (Lipinski definition) is 1. The lowest BCUT2D eigenvalue weighted by Crippen LogP contribution is -2.31. The molecule has 0 amide bonds. The van der Waals surface area contributed by atoms with Crippen molar-refractivity contribution in [3.05, 3.63) is 29.4 Å². The van der Waals surface area contributed by atoms with Crippen LogP contribution in [-0.4, -0.2) is 17.3 Å². The molecule has 1 heterocycles. The third-order valence-corrected chi connectivity index (χ3v) is 3.18. The summed E-state index contributed by atoms with van der Waals surface area (Å²) in [6, 6.07) is 3.32. The smallest absolute Gasteiger partial charge is 0.425 e. The Kier molecular flexibility index (Phi) is 3.85. The number of nitrogen functional groups attached to an aromatic ring is 1. The molecule has 0 aliphatic carbocycles. The van der Waals surface area contributed by atoms with E-state index in [0.29, 0.717) is 5.69 Å². The molecule has 2 N–H and O–H groups in total. The third kappa shape index (κ3) is 3.19. The second-order valence-corrected chi connectivity index (χ2v) is 4.90. The van der Waals surface area contributed by atoms with Gasteiger partial charge in [-0.3, -0.25) is 0 Å². The van der Waals surface area contributed by atoms with Gasteiger partial charge in [-0.05, 0) is 19.1 Å². The molecule has 0 saturated heterocycles. The summed E-state index contributed by atoms with van der Waals surface area (Å²) in [5.74, 6) is -0.915. The quantitative estimate of drug-likeness (QED) is 0.876. The minimum atomic E-state index is -4.54. The number of halogens is 4. The van der Waals surface area contributed by atoms with E-state index in [1.54, 1.807) is 5.38 Å². The van der Waals surface area contributed by atoms with Gasteiger partial charge in [0.1, 0.15) is 11.6 Å². The Hall–Kier alpha value is -1.83. The van der Waals surface area contributed by atoms with Crippen molar-refractivity contribution in [3.8, 4) is 17.0 Å². The zero-order valence-electron chi connectivity index (χ0n) is 10.2. The molecule has 0 bridgehead atoms. The molecule has 0 aliphatic heterocycles. The third-order valence-electron chi connectivity index (χ3n) is 2.51. The highest BCUT2D eigenvalue weighted by atomic mass is 32.1. The van der Waals surface area contributed by atoms with Crippen LogP contribution in [0, 0.1) is 5.82 Å². The number of anilines is 1. The van der Waals surface area contributed by atoms with Crippen LogP contribution in [0.1, 0.15) is 6.92 Å². The minimum absolute atomic E-state index is 0.222. The topological polar surface area (TPSA) is 48.1 Å². The first-order valence-electron chi connectivity index (χ1n) is 5.51. The number of ether oxygens (including phenoxy) is 1. The van der Waals surface area contributed by atoms with E-state index < -0.39 is 18.1 Å². The van der Waals surface area contributed by atoms with E-state index in [0.717, 1.165) is 30.4 Å². The van der Waals surface area contributed by atoms with Gasteiger partial charge < -0.3 is 10.5 Å². The normalized spacial score (nSPS) is 13.2. The molecular weight excluding hydrogens is 296 g/mol. The van der Waals surface area contributed by atoms with Gasteiger partial charge in [0.15, 0.2) is 11.2 Å². The van der Waals surface area contributed by atoms with E-state index in [2.05, 4.69) is 4.98 Å². The second kappa shape index (κ2) is 5.28. The Balaban J connectivity index is 2.39. The van der Waals surface area contributed by atoms with Crippen LogP contribution < -0.4 is 10.5 Å². The van der Waals surface area contributed by atoms with Gasteiger partial charge >= 0.3 is 6.18 Å². The SMILES string of the molecule is CC(Oc1cc(F)ccc1-c1csc(N)n1)C(F)(F)F. The van der Waals surface area contributed by atoms with Crippen LogP contribution in [0.15, 0.2) is 23.6 Å². The fourth-order valence-electron chi connectivity index (χ4n) is 1.47. The largest absolute Gasteiger partial charge is 0.480 e. The van der Waals surface area contributed by atoms with Crippen LogP contribution in [0.3, 0.4) is 0 Å². The summed E-state index contributed by atoms with van der Waals surface area (Å²) in [5, 5.41) is 1.83. The first kappa shape index (κ1) is 14.6. The van der Waals surface area contributed by atoms with Crippen LogP contribution in [0.25, 0.3) is 11.3 Å². The molecule has 0 saturated carbocycles. The number of hydrogen-bond acceptors (Lipinski definition) is 4. The Labute approximate surface area is 116 Å². The van der Waals surface area contributed by atoms with Gasteiger partial charge in [-0.1, -0.05) is 0 Å². The van der Waals surface area contributed by atoms with Crippen LogP contribution in [0.4, 0.5) is 22.7 Å². The van der Waals surface area contributed by atoms with E-state index in [-0.39, 0.29) is 16.4 Å². The first-order valence-corrected chi connectivity index (χ1v) is 6.39. The maximum absolute atomic E-state index is 13.2. The molecule has 20 heavy (non-hydrogen) atoms. The molecule has 1 aromatic carbocycles. The predicted molar refractivity (Wildman–Crippen MR) is 68.1 cm³/mol.